The standard InChI is InChI=1S/C21H22N4O4S/c1-3-14(2)22-20(27)17-6-4-5-7-18(17)23-21(30)24-19(26)13-10-15-8-11-16(12-9-15)25(28)29/h4-14H,3H2,1-2H3,(H,22,27)(H2,23,24,26,30)/b13-10+. The van der Waals surface area contributed by atoms with Gasteiger partial charge in [-0.3, -0.25) is 25.0 Å². The summed E-state index contributed by atoms with van der Waals surface area (Å²) >= 11 is 5.16. The number of hydrogen-bond donors (Lipinski definition) is 3. The van der Waals surface area contributed by atoms with E-state index in [1.165, 1.54) is 36.4 Å². The van der Waals surface area contributed by atoms with Gasteiger partial charge in [0.2, 0.25) is 5.91 Å². The van der Waals surface area contributed by atoms with Gasteiger partial charge in [-0.05, 0) is 61.5 Å². The lowest BCUT2D eigenvalue weighted by molar-refractivity contribution is -0.384. The van der Waals surface area contributed by atoms with Crippen LogP contribution in [0.1, 0.15) is 36.2 Å². The molecule has 0 aliphatic heterocycles. The number of carbonyl (C=O) groups excluding carboxylic acids is 2. The molecule has 9 heteroatoms. The predicted octanol–water partition coefficient (Wildman–Crippen LogP) is 3.65. The summed E-state index contributed by atoms with van der Waals surface area (Å²) in [5, 5.41) is 18.9. The van der Waals surface area contributed by atoms with E-state index in [-0.39, 0.29) is 22.7 Å². The first-order valence-electron chi connectivity index (χ1n) is 9.24. The van der Waals surface area contributed by atoms with Crippen LogP contribution in [0.4, 0.5) is 11.4 Å². The first-order chi connectivity index (χ1) is 14.3. The minimum Gasteiger partial charge on any atom is -0.350 e. The van der Waals surface area contributed by atoms with Crippen molar-refractivity contribution in [2.75, 3.05) is 5.32 Å². The monoisotopic (exact) mass is 426 g/mol. The van der Waals surface area contributed by atoms with Gasteiger partial charge in [0, 0.05) is 24.3 Å². The lowest BCUT2D eigenvalue weighted by atomic mass is 10.1. The van der Waals surface area contributed by atoms with Gasteiger partial charge in [-0.15, -0.1) is 0 Å². The second-order valence-corrected chi connectivity index (χ2v) is 6.86. The molecular weight excluding hydrogens is 404 g/mol. The summed E-state index contributed by atoms with van der Waals surface area (Å²) in [6.07, 6.45) is 3.57. The van der Waals surface area contributed by atoms with Gasteiger partial charge in [0.1, 0.15) is 0 Å². The van der Waals surface area contributed by atoms with Crippen LogP contribution in [0.5, 0.6) is 0 Å². The normalized spacial score (nSPS) is 11.5. The highest BCUT2D eigenvalue weighted by Gasteiger charge is 2.14. The van der Waals surface area contributed by atoms with Gasteiger partial charge < -0.3 is 10.6 Å². The molecule has 8 nitrogen and oxygen atoms in total. The van der Waals surface area contributed by atoms with Gasteiger partial charge in [-0.25, -0.2) is 0 Å². The number of anilines is 1. The second kappa shape index (κ2) is 10.8. The van der Waals surface area contributed by atoms with E-state index in [0.717, 1.165) is 6.42 Å². The van der Waals surface area contributed by atoms with Crippen molar-refractivity contribution in [3.63, 3.8) is 0 Å². The number of rotatable bonds is 7. The molecule has 0 radical (unpaired) electrons. The van der Waals surface area contributed by atoms with Gasteiger partial charge in [0.15, 0.2) is 5.11 Å². The molecule has 30 heavy (non-hydrogen) atoms. The zero-order chi connectivity index (χ0) is 22.1. The van der Waals surface area contributed by atoms with Gasteiger partial charge in [0.25, 0.3) is 11.6 Å². The zero-order valence-electron chi connectivity index (χ0n) is 16.5. The lowest BCUT2D eigenvalue weighted by Crippen LogP contribution is -2.35. The number of nitro groups is 1. The van der Waals surface area contributed by atoms with E-state index in [1.54, 1.807) is 24.3 Å². The molecule has 0 aromatic heterocycles. The van der Waals surface area contributed by atoms with E-state index in [2.05, 4.69) is 16.0 Å². The quantitative estimate of drug-likeness (QED) is 0.270. The molecule has 2 aromatic carbocycles. The van der Waals surface area contributed by atoms with E-state index in [4.69, 9.17) is 12.2 Å². The molecule has 0 saturated carbocycles. The first kappa shape index (κ1) is 22.7. The second-order valence-electron chi connectivity index (χ2n) is 6.45. The molecule has 2 rings (SSSR count). The van der Waals surface area contributed by atoms with Crippen LogP contribution < -0.4 is 16.0 Å². The van der Waals surface area contributed by atoms with Crippen LogP contribution in [-0.4, -0.2) is 27.9 Å². The van der Waals surface area contributed by atoms with Crippen molar-refractivity contribution in [3.05, 3.63) is 75.8 Å². The number of nitro benzene ring substituents is 1. The first-order valence-corrected chi connectivity index (χ1v) is 9.65. The highest BCUT2D eigenvalue weighted by molar-refractivity contribution is 7.80. The number of hydrogen-bond acceptors (Lipinski definition) is 5. The molecule has 0 fully saturated rings. The maximum Gasteiger partial charge on any atom is 0.269 e. The summed E-state index contributed by atoms with van der Waals surface area (Å²) < 4.78 is 0. The third kappa shape index (κ3) is 6.78. The third-order valence-corrected chi connectivity index (χ3v) is 4.38. The molecule has 0 bridgehead atoms. The van der Waals surface area contributed by atoms with E-state index >= 15 is 0 Å². The Balaban J connectivity index is 1.97. The molecule has 0 saturated heterocycles. The number of para-hydroxylation sites is 1. The van der Waals surface area contributed by atoms with Crippen molar-refractivity contribution in [3.8, 4) is 0 Å². The summed E-state index contributed by atoms with van der Waals surface area (Å²) in [6, 6.07) is 12.6. The number of non-ortho nitro benzene ring substituents is 1. The summed E-state index contributed by atoms with van der Waals surface area (Å²) in [4.78, 5) is 34.7. The number of carbonyl (C=O) groups is 2. The molecule has 0 spiro atoms. The fourth-order valence-corrected chi connectivity index (χ4v) is 2.59. The van der Waals surface area contributed by atoms with Crippen LogP contribution in [0, 0.1) is 10.1 Å². The third-order valence-electron chi connectivity index (χ3n) is 4.18. The number of benzene rings is 2. The Morgan fingerprint density at radius 1 is 1.17 bits per heavy atom. The molecule has 0 aliphatic rings. The fraction of sp³-hybridized carbons (Fsp3) is 0.190. The van der Waals surface area contributed by atoms with Gasteiger partial charge in [0.05, 0.1) is 16.2 Å². The van der Waals surface area contributed by atoms with Crippen LogP contribution in [0.15, 0.2) is 54.6 Å². The fourth-order valence-electron chi connectivity index (χ4n) is 2.38. The maximum absolute atomic E-state index is 12.4. The molecular formula is C21H22N4O4S. The molecule has 1 unspecified atom stereocenters. The van der Waals surface area contributed by atoms with Gasteiger partial charge in [-0.1, -0.05) is 19.1 Å². The number of nitrogens with zero attached hydrogens (tertiary/aromatic N) is 1. The van der Waals surface area contributed by atoms with Crippen LogP contribution in [0.2, 0.25) is 0 Å². The predicted molar refractivity (Wildman–Crippen MR) is 120 cm³/mol. The maximum atomic E-state index is 12.4. The summed E-state index contributed by atoms with van der Waals surface area (Å²) in [5.74, 6) is -0.716. The SMILES string of the molecule is CCC(C)NC(=O)c1ccccc1NC(=S)NC(=O)/C=C/c1ccc([N+](=O)[O-])cc1. The Kier molecular flexibility index (Phi) is 8.18. The van der Waals surface area contributed by atoms with Crippen LogP contribution in [0.25, 0.3) is 6.08 Å². The van der Waals surface area contributed by atoms with Crippen LogP contribution >= 0.6 is 12.2 Å². The number of nitrogens with one attached hydrogen (secondary N) is 3. The Hall–Kier alpha value is -3.59. The molecule has 3 N–H and O–H groups in total. The largest absolute Gasteiger partial charge is 0.350 e. The van der Waals surface area contributed by atoms with Gasteiger partial charge in [-0.2, -0.15) is 0 Å². The Morgan fingerprint density at radius 3 is 2.47 bits per heavy atom. The zero-order valence-corrected chi connectivity index (χ0v) is 17.4. The lowest BCUT2D eigenvalue weighted by Gasteiger charge is -2.15. The average molecular weight is 426 g/mol. The van der Waals surface area contributed by atoms with Crippen molar-refractivity contribution in [2.24, 2.45) is 0 Å². The van der Waals surface area contributed by atoms with Crippen LogP contribution in [-0.2, 0) is 4.79 Å². The smallest absolute Gasteiger partial charge is 0.269 e. The Bertz CT molecular complexity index is 973. The minimum absolute atomic E-state index is 0.0294. The van der Waals surface area contributed by atoms with E-state index in [0.29, 0.717) is 16.8 Å². The minimum atomic E-state index is -0.495. The molecule has 0 heterocycles. The molecule has 2 aromatic rings. The Morgan fingerprint density at radius 2 is 1.83 bits per heavy atom. The van der Waals surface area contributed by atoms with Crippen molar-refractivity contribution in [1.29, 1.82) is 0 Å². The molecule has 0 aliphatic carbocycles. The van der Waals surface area contributed by atoms with Crippen molar-refractivity contribution < 1.29 is 14.5 Å². The number of thiocarbonyl (C=S) groups is 1. The average Bonchev–Trinajstić information content (AvgIpc) is 2.72. The van der Waals surface area contributed by atoms with E-state index < -0.39 is 10.8 Å². The summed E-state index contributed by atoms with van der Waals surface area (Å²) in [7, 11) is 0. The van der Waals surface area contributed by atoms with Crippen LogP contribution in [0.3, 0.4) is 0 Å². The Labute approximate surface area is 179 Å². The molecule has 2 amide bonds. The summed E-state index contributed by atoms with van der Waals surface area (Å²) in [6.45, 7) is 3.89. The van der Waals surface area contributed by atoms with Crippen molar-refractivity contribution >= 4 is 46.6 Å². The molecule has 156 valence electrons. The van der Waals surface area contributed by atoms with Crippen molar-refractivity contribution in [2.45, 2.75) is 26.3 Å². The number of amides is 2. The highest BCUT2D eigenvalue weighted by Crippen LogP contribution is 2.15. The molecule has 1 atom stereocenters. The van der Waals surface area contributed by atoms with E-state index in [1.807, 2.05) is 13.8 Å². The van der Waals surface area contributed by atoms with E-state index in [9.17, 15) is 19.7 Å². The van der Waals surface area contributed by atoms with Gasteiger partial charge >= 0.3 is 0 Å². The topological polar surface area (TPSA) is 113 Å². The highest BCUT2D eigenvalue weighted by atomic mass is 32.1. The van der Waals surface area contributed by atoms with Crippen molar-refractivity contribution in [1.82, 2.24) is 10.6 Å². The summed E-state index contributed by atoms with van der Waals surface area (Å²) in [5.41, 5.74) is 1.48.